The number of carbonyl (C=O) groups is 1. The Hall–Kier alpha value is -1.74. The molecule has 0 atom stereocenters. The van der Waals surface area contributed by atoms with Crippen molar-refractivity contribution < 1.29 is 4.79 Å². The average molecular weight is 256 g/mol. The molecule has 1 amide bonds. The zero-order valence-corrected chi connectivity index (χ0v) is 11.0. The standard InChI is InChI=1S/C15H14NOS/c1-11-3-5-12(6-4-11)15(17)16-13-7-9-14(18-2)10-8-13/h3-10H,1H2,2H3,(H,16,17). The van der Waals surface area contributed by atoms with E-state index in [1.54, 1.807) is 23.9 Å². The van der Waals surface area contributed by atoms with Crippen molar-refractivity contribution in [3.63, 3.8) is 0 Å². The number of thioether (sulfide) groups is 1. The quantitative estimate of drug-likeness (QED) is 0.845. The molecule has 18 heavy (non-hydrogen) atoms. The number of hydrogen-bond acceptors (Lipinski definition) is 2. The summed E-state index contributed by atoms with van der Waals surface area (Å²) in [5.41, 5.74) is 2.34. The average Bonchev–Trinajstić information content (AvgIpc) is 2.40. The first kappa shape index (κ1) is 12.7. The molecule has 1 radical (unpaired) electrons. The molecule has 0 saturated heterocycles. The predicted octanol–water partition coefficient (Wildman–Crippen LogP) is 3.84. The summed E-state index contributed by atoms with van der Waals surface area (Å²) in [4.78, 5) is 13.1. The molecule has 2 aromatic carbocycles. The topological polar surface area (TPSA) is 29.1 Å². The van der Waals surface area contributed by atoms with Crippen molar-refractivity contribution in [3.05, 3.63) is 66.6 Å². The van der Waals surface area contributed by atoms with E-state index < -0.39 is 0 Å². The third kappa shape index (κ3) is 3.14. The van der Waals surface area contributed by atoms with Gasteiger partial charge in [-0.25, -0.2) is 0 Å². The lowest BCUT2D eigenvalue weighted by molar-refractivity contribution is 0.102. The molecule has 0 saturated carbocycles. The van der Waals surface area contributed by atoms with Gasteiger partial charge >= 0.3 is 0 Å². The monoisotopic (exact) mass is 256 g/mol. The van der Waals surface area contributed by atoms with Crippen LogP contribution < -0.4 is 5.32 Å². The summed E-state index contributed by atoms with van der Waals surface area (Å²) < 4.78 is 0. The number of benzene rings is 2. The molecule has 0 heterocycles. The van der Waals surface area contributed by atoms with Crippen molar-refractivity contribution >= 4 is 23.4 Å². The molecule has 0 bridgehead atoms. The first-order valence-corrected chi connectivity index (χ1v) is 6.79. The Bertz CT molecular complexity index is 531. The van der Waals surface area contributed by atoms with Crippen LogP contribution in [0.15, 0.2) is 53.4 Å². The molecule has 0 aliphatic rings. The van der Waals surface area contributed by atoms with Crippen molar-refractivity contribution in [3.8, 4) is 0 Å². The van der Waals surface area contributed by atoms with Gasteiger partial charge < -0.3 is 5.32 Å². The van der Waals surface area contributed by atoms with Crippen LogP contribution in [0.4, 0.5) is 5.69 Å². The fourth-order valence-corrected chi connectivity index (χ4v) is 1.94. The van der Waals surface area contributed by atoms with Gasteiger partial charge in [-0.3, -0.25) is 4.79 Å². The van der Waals surface area contributed by atoms with E-state index in [0.717, 1.165) is 11.3 Å². The molecule has 2 nitrogen and oxygen atoms in total. The van der Waals surface area contributed by atoms with E-state index in [9.17, 15) is 4.79 Å². The van der Waals surface area contributed by atoms with Gasteiger partial charge in [-0.2, -0.15) is 0 Å². The predicted molar refractivity (Wildman–Crippen MR) is 77.1 cm³/mol. The Morgan fingerprint density at radius 1 is 1.06 bits per heavy atom. The summed E-state index contributed by atoms with van der Waals surface area (Å²) in [6.07, 6.45) is 2.02. The second kappa shape index (κ2) is 5.74. The summed E-state index contributed by atoms with van der Waals surface area (Å²) in [5, 5.41) is 2.86. The van der Waals surface area contributed by atoms with Gasteiger partial charge in [0.2, 0.25) is 0 Å². The lowest BCUT2D eigenvalue weighted by atomic mass is 10.1. The molecule has 1 N–H and O–H groups in total. The van der Waals surface area contributed by atoms with Crippen molar-refractivity contribution in [2.45, 2.75) is 4.90 Å². The van der Waals surface area contributed by atoms with Gasteiger partial charge in [0.05, 0.1) is 0 Å². The largest absolute Gasteiger partial charge is 0.322 e. The SMILES string of the molecule is [CH2]c1ccc(C(=O)Nc2ccc(SC)cc2)cc1. The van der Waals surface area contributed by atoms with E-state index in [4.69, 9.17) is 0 Å². The van der Waals surface area contributed by atoms with Gasteiger partial charge in [0.25, 0.3) is 5.91 Å². The van der Waals surface area contributed by atoms with Gasteiger partial charge in [0.1, 0.15) is 0 Å². The van der Waals surface area contributed by atoms with Crippen molar-refractivity contribution in [2.24, 2.45) is 0 Å². The zero-order valence-electron chi connectivity index (χ0n) is 10.1. The molecule has 0 unspecified atom stereocenters. The first-order valence-electron chi connectivity index (χ1n) is 5.56. The number of amides is 1. The maximum absolute atomic E-state index is 11.9. The summed E-state index contributed by atoms with van der Waals surface area (Å²) in [5.74, 6) is -0.105. The Morgan fingerprint density at radius 2 is 1.67 bits per heavy atom. The fraction of sp³-hybridized carbons (Fsp3) is 0.0667. The van der Waals surface area contributed by atoms with E-state index >= 15 is 0 Å². The van der Waals surface area contributed by atoms with Crippen LogP contribution in [0.1, 0.15) is 15.9 Å². The third-order valence-electron chi connectivity index (χ3n) is 2.56. The van der Waals surface area contributed by atoms with Crippen LogP contribution in [0.3, 0.4) is 0 Å². The zero-order chi connectivity index (χ0) is 13.0. The molecule has 0 spiro atoms. The summed E-state index contributed by atoms with van der Waals surface area (Å²) >= 11 is 1.67. The van der Waals surface area contributed by atoms with E-state index in [1.807, 2.05) is 42.7 Å². The number of nitrogens with one attached hydrogen (secondary N) is 1. The molecule has 0 fully saturated rings. The van der Waals surface area contributed by atoms with Crippen molar-refractivity contribution in [2.75, 3.05) is 11.6 Å². The van der Waals surface area contributed by atoms with Crippen molar-refractivity contribution in [1.82, 2.24) is 0 Å². The number of hydrogen-bond donors (Lipinski definition) is 1. The van der Waals surface area contributed by atoms with Crippen LogP contribution in [0.2, 0.25) is 0 Å². The Balaban J connectivity index is 2.08. The van der Waals surface area contributed by atoms with E-state index in [0.29, 0.717) is 5.56 Å². The number of anilines is 1. The maximum atomic E-state index is 11.9. The third-order valence-corrected chi connectivity index (χ3v) is 3.31. The number of carbonyl (C=O) groups excluding carboxylic acids is 1. The molecule has 0 aliphatic carbocycles. The van der Waals surface area contributed by atoms with Crippen LogP contribution in [0.25, 0.3) is 0 Å². The first-order chi connectivity index (χ1) is 8.69. The summed E-state index contributed by atoms with van der Waals surface area (Å²) in [6.45, 7) is 3.79. The number of rotatable bonds is 3. The van der Waals surface area contributed by atoms with Gasteiger partial charge in [-0.1, -0.05) is 12.1 Å². The smallest absolute Gasteiger partial charge is 0.255 e. The Kier molecular flexibility index (Phi) is 4.05. The highest BCUT2D eigenvalue weighted by atomic mass is 32.2. The minimum Gasteiger partial charge on any atom is -0.322 e. The van der Waals surface area contributed by atoms with Crippen LogP contribution >= 0.6 is 11.8 Å². The molecule has 91 valence electrons. The van der Waals surface area contributed by atoms with Crippen LogP contribution in [0.5, 0.6) is 0 Å². The van der Waals surface area contributed by atoms with Crippen LogP contribution in [-0.2, 0) is 0 Å². The minimum atomic E-state index is -0.105. The Morgan fingerprint density at radius 3 is 2.22 bits per heavy atom. The van der Waals surface area contributed by atoms with Crippen LogP contribution in [-0.4, -0.2) is 12.2 Å². The highest BCUT2D eigenvalue weighted by Gasteiger charge is 2.05. The molecular formula is C15H14NOS. The van der Waals surface area contributed by atoms with E-state index in [2.05, 4.69) is 12.2 Å². The van der Waals surface area contributed by atoms with Gasteiger partial charge in [-0.15, -0.1) is 11.8 Å². The second-order valence-corrected chi connectivity index (χ2v) is 4.76. The van der Waals surface area contributed by atoms with Gasteiger partial charge in [0.15, 0.2) is 0 Å². The highest BCUT2D eigenvalue weighted by molar-refractivity contribution is 7.98. The van der Waals surface area contributed by atoms with Crippen molar-refractivity contribution in [1.29, 1.82) is 0 Å². The molecular weight excluding hydrogens is 242 g/mol. The van der Waals surface area contributed by atoms with E-state index in [1.165, 1.54) is 4.90 Å². The molecule has 3 heteroatoms. The normalized spacial score (nSPS) is 10.1. The van der Waals surface area contributed by atoms with Gasteiger partial charge in [0, 0.05) is 16.1 Å². The molecule has 0 aliphatic heterocycles. The molecule has 2 aromatic rings. The summed E-state index contributed by atoms with van der Waals surface area (Å²) in [7, 11) is 0. The Labute approximate surface area is 111 Å². The second-order valence-electron chi connectivity index (χ2n) is 3.88. The summed E-state index contributed by atoms with van der Waals surface area (Å²) in [6, 6.07) is 15.0. The lowest BCUT2D eigenvalue weighted by Gasteiger charge is -2.06. The lowest BCUT2D eigenvalue weighted by Crippen LogP contribution is -2.11. The molecule has 2 rings (SSSR count). The van der Waals surface area contributed by atoms with Gasteiger partial charge in [-0.05, 0) is 55.1 Å². The van der Waals surface area contributed by atoms with E-state index in [-0.39, 0.29) is 5.91 Å². The fourth-order valence-electron chi connectivity index (χ4n) is 1.53. The highest BCUT2D eigenvalue weighted by Crippen LogP contribution is 2.18. The maximum Gasteiger partial charge on any atom is 0.255 e. The molecule has 0 aromatic heterocycles. The minimum absolute atomic E-state index is 0.105. The van der Waals surface area contributed by atoms with Crippen LogP contribution in [0, 0.1) is 6.92 Å².